The Hall–Kier alpha value is -2.02. The van der Waals surface area contributed by atoms with Gasteiger partial charge in [-0.3, -0.25) is 0 Å². The summed E-state index contributed by atoms with van der Waals surface area (Å²) in [5.41, 5.74) is 7.04. The van der Waals surface area contributed by atoms with E-state index < -0.39 is 0 Å². The Bertz CT molecular complexity index is 606. The molecule has 0 bridgehead atoms. The quantitative estimate of drug-likeness (QED) is 0.832. The lowest BCUT2D eigenvalue weighted by atomic mass is 10.3. The second kappa shape index (κ2) is 5.31. The summed E-state index contributed by atoms with van der Waals surface area (Å²) < 4.78 is 1.96. The van der Waals surface area contributed by atoms with E-state index in [1.807, 2.05) is 36.7 Å². The largest absolute Gasteiger partial charge is 0.388 e. The van der Waals surface area contributed by atoms with Crippen molar-refractivity contribution in [2.45, 2.75) is 13.5 Å². The van der Waals surface area contributed by atoms with Crippen LogP contribution in [0.1, 0.15) is 17.2 Å². The van der Waals surface area contributed by atoms with Gasteiger partial charge in [-0.2, -0.15) is 0 Å². The van der Waals surface area contributed by atoms with Crippen molar-refractivity contribution in [1.82, 2.24) is 19.5 Å². The predicted molar refractivity (Wildman–Crippen MR) is 78.0 cm³/mol. The Kier molecular flexibility index (Phi) is 3.75. The molecule has 6 nitrogen and oxygen atoms in total. The number of imidazole rings is 1. The minimum Gasteiger partial charge on any atom is -0.388 e. The lowest BCUT2D eigenvalue weighted by Crippen LogP contribution is -2.23. The number of hydrogen-bond donors (Lipinski definition) is 1. The van der Waals surface area contributed by atoms with E-state index in [2.05, 4.69) is 15.0 Å². The average Bonchev–Trinajstić information content (AvgIpc) is 2.74. The van der Waals surface area contributed by atoms with Gasteiger partial charge < -0.3 is 15.2 Å². The number of aryl methyl sites for hydroxylation is 2. The monoisotopic (exact) mass is 276 g/mol. The minimum absolute atomic E-state index is 0.275. The van der Waals surface area contributed by atoms with E-state index in [1.165, 1.54) is 0 Å². The van der Waals surface area contributed by atoms with Gasteiger partial charge in [0.2, 0.25) is 5.95 Å². The summed E-state index contributed by atoms with van der Waals surface area (Å²) in [6, 6.07) is 1.78. The van der Waals surface area contributed by atoms with Crippen LogP contribution in [0.3, 0.4) is 0 Å². The molecule has 2 rings (SSSR count). The molecule has 0 aliphatic carbocycles. The van der Waals surface area contributed by atoms with Crippen molar-refractivity contribution in [1.29, 1.82) is 0 Å². The van der Waals surface area contributed by atoms with Crippen molar-refractivity contribution in [2.24, 2.45) is 12.8 Å². The van der Waals surface area contributed by atoms with Crippen LogP contribution in [0.4, 0.5) is 5.95 Å². The number of aromatic nitrogens is 4. The van der Waals surface area contributed by atoms with Crippen LogP contribution in [0.2, 0.25) is 0 Å². The number of nitrogens with zero attached hydrogens (tertiary/aromatic N) is 5. The van der Waals surface area contributed by atoms with E-state index in [9.17, 15) is 0 Å². The highest BCUT2D eigenvalue weighted by Gasteiger charge is 2.11. The lowest BCUT2D eigenvalue weighted by Gasteiger charge is -2.17. The van der Waals surface area contributed by atoms with Gasteiger partial charge in [-0.25, -0.2) is 15.0 Å². The maximum absolute atomic E-state index is 5.62. The molecular formula is C12H16N6S. The minimum atomic E-state index is 0.275. The summed E-state index contributed by atoms with van der Waals surface area (Å²) in [7, 11) is 3.86. The highest BCUT2D eigenvalue weighted by molar-refractivity contribution is 7.80. The Balaban J connectivity index is 2.26. The van der Waals surface area contributed by atoms with Gasteiger partial charge in [0.1, 0.15) is 16.5 Å². The number of nitrogens with two attached hydrogens (primary N) is 1. The van der Waals surface area contributed by atoms with Crippen LogP contribution >= 0.6 is 12.2 Å². The fourth-order valence-electron chi connectivity index (χ4n) is 1.68. The Labute approximate surface area is 117 Å². The molecule has 19 heavy (non-hydrogen) atoms. The Morgan fingerprint density at radius 1 is 1.47 bits per heavy atom. The summed E-state index contributed by atoms with van der Waals surface area (Å²) in [5.74, 6) is 1.52. The van der Waals surface area contributed by atoms with Crippen LogP contribution < -0.4 is 10.6 Å². The van der Waals surface area contributed by atoms with Crippen LogP contribution in [0.5, 0.6) is 0 Å². The second-order valence-electron chi connectivity index (χ2n) is 4.37. The number of rotatable bonds is 4. The molecule has 0 aliphatic heterocycles. The summed E-state index contributed by atoms with van der Waals surface area (Å²) in [4.78, 5) is 15.2. The van der Waals surface area contributed by atoms with Gasteiger partial charge in [0.05, 0.1) is 6.54 Å². The zero-order valence-corrected chi connectivity index (χ0v) is 12.0. The van der Waals surface area contributed by atoms with Crippen molar-refractivity contribution in [2.75, 3.05) is 11.9 Å². The lowest BCUT2D eigenvalue weighted by molar-refractivity contribution is 0.745. The summed E-state index contributed by atoms with van der Waals surface area (Å²) >= 11 is 4.96. The number of hydrogen-bond acceptors (Lipinski definition) is 5. The number of anilines is 1. The fraction of sp³-hybridized carbons (Fsp3) is 0.333. The molecule has 2 N–H and O–H groups in total. The SMILES string of the molecule is Cc1cc(C(N)=S)nc(N(C)Cc2nccn2C)n1. The van der Waals surface area contributed by atoms with Crippen LogP contribution in [0.15, 0.2) is 18.5 Å². The van der Waals surface area contributed by atoms with E-state index in [1.54, 1.807) is 12.3 Å². The maximum Gasteiger partial charge on any atom is 0.226 e. The molecule has 0 saturated carbocycles. The first kappa shape index (κ1) is 13.4. The van der Waals surface area contributed by atoms with Gasteiger partial charge in [0.25, 0.3) is 0 Å². The molecule has 0 radical (unpaired) electrons. The zero-order valence-electron chi connectivity index (χ0n) is 11.2. The third kappa shape index (κ3) is 3.05. The first-order valence-corrected chi connectivity index (χ1v) is 6.21. The predicted octanol–water partition coefficient (Wildman–Crippen LogP) is 0.789. The molecule has 0 fully saturated rings. The van der Waals surface area contributed by atoms with Gasteiger partial charge in [0.15, 0.2) is 0 Å². The van der Waals surface area contributed by atoms with Crippen molar-refractivity contribution in [3.8, 4) is 0 Å². The molecule has 7 heteroatoms. The standard InChI is InChI=1S/C12H16N6S/c1-8-6-9(11(13)19)16-12(15-8)18(3)7-10-14-4-5-17(10)2/h4-6H,7H2,1-3H3,(H2,13,19). The van der Waals surface area contributed by atoms with Gasteiger partial charge in [-0.1, -0.05) is 12.2 Å². The first-order chi connectivity index (χ1) is 8.97. The Morgan fingerprint density at radius 2 is 2.21 bits per heavy atom. The van der Waals surface area contributed by atoms with E-state index in [0.29, 0.717) is 18.2 Å². The van der Waals surface area contributed by atoms with Crippen LogP contribution in [0.25, 0.3) is 0 Å². The molecular weight excluding hydrogens is 260 g/mol. The molecule has 0 saturated heterocycles. The van der Waals surface area contributed by atoms with Crippen LogP contribution in [-0.4, -0.2) is 31.6 Å². The van der Waals surface area contributed by atoms with Crippen molar-refractivity contribution < 1.29 is 0 Å². The molecule has 0 unspecified atom stereocenters. The number of thiocarbonyl (C=S) groups is 1. The highest BCUT2D eigenvalue weighted by atomic mass is 32.1. The topological polar surface area (TPSA) is 72.9 Å². The molecule has 0 spiro atoms. The van der Waals surface area contributed by atoms with Gasteiger partial charge in [-0.05, 0) is 13.0 Å². The molecule has 0 atom stereocenters. The average molecular weight is 276 g/mol. The van der Waals surface area contributed by atoms with E-state index in [0.717, 1.165) is 11.5 Å². The highest BCUT2D eigenvalue weighted by Crippen LogP contribution is 2.11. The van der Waals surface area contributed by atoms with Gasteiger partial charge >= 0.3 is 0 Å². The summed E-state index contributed by atoms with van der Waals surface area (Å²) in [6.07, 6.45) is 3.67. The molecule has 2 heterocycles. The van der Waals surface area contributed by atoms with Crippen molar-refractivity contribution >= 4 is 23.2 Å². The molecule has 100 valence electrons. The van der Waals surface area contributed by atoms with Gasteiger partial charge in [-0.15, -0.1) is 0 Å². The van der Waals surface area contributed by atoms with Crippen molar-refractivity contribution in [3.63, 3.8) is 0 Å². The van der Waals surface area contributed by atoms with Gasteiger partial charge in [0, 0.05) is 32.2 Å². The van der Waals surface area contributed by atoms with Crippen molar-refractivity contribution in [3.05, 3.63) is 35.7 Å². The third-order valence-electron chi connectivity index (χ3n) is 2.74. The van der Waals surface area contributed by atoms with Crippen LogP contribution in [-0.2, 0) is 13.6 Å². The first-order valence-electron chi connectivity index (χ1n) is 5.80. The third-order valence-corrected chi connectivity index (χ3v) is 2.94. The van der Waals surface area contributed by atoms with E-state index in [-0.39, 0.29) is 4.99 Å². The fourth-order valence-corrected chi connectivity index (χ4v) is 1.79. The zero-order chi connectivity index (χ0) is 14.0. The Morgan fingerprint density at radius 3 is 2.79 bits per heavy atom. The molecule has 2 aromatic heterocycles. The maximum atomic E-state index is 5.62. The molecule has 2 aromatic rings. The summed E-state index contributed by atoms with van der Waals surface area (Å²) in [5, 5.41) is 0. The summed E-state index contributed by atoms with van der Waals surface area (Å²) in [6.45, 7) is 2.51. The van der Waals surface area contributed by atoms with E-state index in [4.69, 9.17) is 18.0 Å². The second-order valence-corrected chi connectivity index (χ2v) is 4.81. The smallest absolute Gasteiger partial charge is 0.226 e. The van der Waals surface area contributed by atoms with Crippen LogP contribution in [0, 0.1) is 6.92 Å². The normalized spacial score (nSPS) is 10.5. The molecule has 0 amide bonds. The molecule has 0 aromatic carbocycles. The van der Waals surface area contributed by atoms with E-state index >= 15 is 0 Å². The molecule has 0 aliphatic rings.